The number of likely N-dealkylation sites (N-methyl/N-ethyl adjacent to an activating group) is 1. The summed E-state index contributed by atoms with van der Waals surface area (Å²) >= 11 is 1.65. The maximum Gasteiger partial charge on any atom is 0.238 e. The van der Waals surface area contributed by atoms with Crippen LogP contribution in [0.3, 0.4) is 0 Å². The molecule has 0 unspecified atom stereocenters. The molecule has 0 spiro atoms. The first-order chi connectivity index (χ1) is 9.70. The van der Waals surface area contributed by atoms with Crippen molar-refractivity contribution in [3.63, 3.8) is 0 Å². The molecule has 1 aliphatic heterocycles. The molecule has 1 fully saturated rings. The third kappa shape index (κ3) is 4.23. The summed E-state index contributed by atoms with van der Waals surface area (Å²) in [6.07, 6.45) is 4.25. The molecule has 0 aromatic heterocycles. The topological polar surface area (TPSA) is 44.4 Å². The van der Waals surface area contributed by atoms with Gasteiger partial charge in [0, 0.05) is 10.9 Å². The Labute approximate surface area is 125 Å². The predicted molar refractivity (Wildman–Crippen MR) is 85.4 cm³/mol. The molecule has 1 amide bonds. The number of carbonyl (C=O) groups is 1. The van der Waals surface area contributed by atoms with Gasteiger partial charge in [-0.2, -0.15) is 0 Å². The number of piperidine rings is 1. The molecule has 0 radical (unpaired) electrons. The number of amides is 1. The maximum atomic E-state index is 12.2. The number of carbonyl (C=O) groups excluding carboxylic acids is 1. The van der Waals surface area contributed by atoms with Gasteiger partial charge < -0.3 is 10.6 Å². The Morgan fingerprint density at radius 3 is 2.80 bits per heavy atom. The molecule has 1 saturated heterocycles. The molecule has 4 nitrogen and oxygen atoms in total. The van der Waals surface area contributed by atoms with E-state index in [2.05, 4.69) is 15.5 Å². The Hall–Kier alpha value is -1.04. The average Bonchev–Trinajstić information content (AvgIpc) is 2.48. The van der Waals surface area contributed by atoms with E-state index >= 15 is 0 Å². The van der Waals surface area contributed by atoms with Crippen LogP contribution < -0.4 is 10.6 Å². The molecule has 1 aromatic rings. The first-order valence-corrected chi connectivity index (χ1v) is 8.27. The molecule has 1 aliphatic rings. The lowest BCUT2D eigenvalue weighted by Gasteiger charge is -2.31. The standard InChI is InChI=1S/C15H23N3OS/c1-18(12-7-9-16-10-8-12)11-15(19)17-13-5-3-4-6-14(13)20-2/h3-6,12,16H,7-11H2,1-2H3,(H,17,19). The Morgan fingerprint density at radius 1 is 1.40 bits per heavy atom. The highest BCUT2D eigenvalue weighted by Crippen LogP contribution is 2.24. The lowest BCUT2D eigenvalue weighted by atomic mass is 10.1. The molecule has 1 heterocycles. The quantitative estimate of drug-likeness (QED) is 0.815. The maximum absolute atomic E-state index is 12.2. The monoisotopic (exact) mass is 293 g/mol. The van der Waals surface area contributed by atoms with Gasteiger partial charge in [0.25, 0.3) is 0 Å². The van der Waals surface area contributed by atoms with Crippen LogP contribution >= 0.6 is 11.8 Å². The summed E-state index contributed by atoms with van der Waals surface area (Å²) in [5, 5.41) is 6.36. The Bertz CT molecular complexity index is 446. The van der Waals surface area contributed by atoms with Gasteiger partial charge in [-0.15, -0.1) is 11.8 Å². The van der Waals surface area contributed by atoms with Crippen LogP contribution in [-0.4, -0.2) is 49.8 Å². The lowest BCUT2D eigenvalue weighted by molar-refractivity contribution is -0.117. The van der Waals surface area contributed by atoms with E-state index in [1.165, 1.54) is 0 Å². The van der Waals surface area contributed by atoms with Crippen LogP contribution in [-0.2, 0) is 4.79 Å². The van der Waals surface area contributed by atoms with Gasteiger partial charge in [0.1, 0.15) is 0 Å². The van der Waals surface area contributed by atoms with Crippen LogP contribution in [0.2, 0.25) is 0 Å². The van der Waals surface area contributed by atoms with E-state index < -0.39 is 0 Å². The smallest absolute Gasteiger partial charge is 0.238 e. The zero-order valence-electron chi connectivity index (χ0n) is 12.2. The number of anilines is 1. The summed E-state index contributed by atoms with van der Waals surface area (Å²) in [4.78, 5) is 15.4. The first-order valence-electron chi connectivity index (χ1n) is 7.04. The van der Waals surface area contributed by atoms with Crippen LogP contribution in [0.5, 0.6) is 0 Å². The van der Waals surface area contributed by atoms with E-state index in [-0.39, 0.29) is 5.91 Å². The fraction of sp³-hybridized carbons (Fsp3) is 0.533. The van der Waals surface area contributed by atoms with Crippen molar-refractivity contribution in [2.45, 2.75) is 23.8 Å². The van der Waals surface area contributed by atoms with Crippen LogP contribution in [0.15, 0.2) is 29.2 Å². The molecular formula is C15H23N3OS. The van der Waals surface area contributed by atoms with E-state index in [1.54, 1.807) is 11.8 Å². The second-order valence-corrected chi connectivity index (χ2v) is 5.99. The minimum atomic E-state index is 0.0625. The molecule has 20 heavy (non-hydrogen) atoms. The number of nitrogens with zero attached hydrogens (tertiary/aromatic N) is 1. The van der Waals surface area contributed by atoms with Gasteiger partial charge in [-0.25, -0.2) is 0 Å². The minimum absolute atomic E-state index is 0.0625. The van der Waals surface area contributed by atoms with Crippen molar-refractivity contribution < 1.29 is 4.79 Å². The van der Waals surface area contributed by atoms with E-state index in [0.29, 0.717) is 12.6 Å². The summed E-state index contributed by atoms with van der Waals surface area (Å²) in [7, 11) is 2.04. The van der Waals surface area contributed by atoms with Crippen molar-refractivity contribution in [3.05, 3.63) is 24.3 Å². The lowest BCUT2D eigenvalue weighted by Crippen LogP contribution is -2.44. The number of para-hydroxylation sites is 1. The first kappa shape index (κ1) is 15.4. The zero-order valence-corrected chi connectivity index (χ0v) is 13.0. The molecule has 1 aromatic carbocycles. The molecule has 5 heteroatoms. The number of thioether (sulfide) groups is 1. The van der Waals surface area contributed by atoms with Gasteiger partial charge in [0.05, 0.1) is 12.2 Å². The second-order valence-electron chi connectivity index (χ2n) is 5.14. The van der Waals surface area contributed by atoms with E-state index in [4.69, 9.17) is 0 Å². The highest BCUT2D eigenvalue weighted by molar-refractivity contribution is 7.98. The average molecular weight is 293 g/mol. The Balaban J connectivity index is 1.88. The van der Waals surface area contributed by atoms with Gasteiger partial charge in [0.2, 0.25) is 5.91 Å². The van der Waals surface area contributed by atoms with Gasteiger partial charge >= 0.3 is 0 Å². The fourth-order valence-electron chi connectivity index (χ4n) is 2.54. The van der Waals surface area contributed by atoms with Crippen molar-refractivity contribution in [2.75, 3.05) is 38.3 Å². The number of hydrogen-bond donors (Lipinski definition) is 2. The summed E-state index contributed by atoms with van der Waals surface area (Å²) in [6, 6.07) is 8.43. The van der Waals surface area contributed by atoms with E-state index in [9.17, 15) is 4.79 Å². The second kappa shape index (κ2) is 7.67. The molecule has 0 atom stereocenters. The molecule has 110 valence electrons. The van der Waals surface area contributed by atoms with Crippen molar-refractivity contribution >= 4 is 23.4 Å². The Kier molecular flexibility index (Phi) is 5.88. The molecule has 0 saturated carbocycles. The van der Waals surface area contributed by atoms with Crippen LogP contribution in [0, 0.1) is 0 Å². The van der Waals surface area contributed by atoms with Gasteiger partial charge in [-0.1, -0.05) is 12.1 Å². The SMILES string of the molecule is CSc1ccccc1NC(=O)CN(C)C1CCNCC1. The summed E-state index contributed by atoms with van der Waals surface area (Å²) < 4.78 is 0. The van der Waals surface area contributed by atoms with Crippen LogP contribution in [0.1, 0.15) is 12.8 Å². The number of benzene rings is 1. The highest BCUT2D eigenvalue weighted by Gasteiger charge is 2.19. The van der Waals surface area contributed by atoms with E-state index in [0.717, 1.165) is 36.5 Å². The zero-order chi connectivity index (χ0) is 14.4. The van der Waals surface area contributed by atoms with Gasteiger partial charge in [-0.3, -0.25) is 9.69 Å². The number of hydrogen-bond acceptors (Lipinski definition) is 4. The number of nitrogens with one attached hydrogen (secondary N) is 2. The third-order valence-corrected chi connectivity index (χ3v) is 4.50. The molecule has 2 rings (SSSR count). The van der Waals surface area contributed by atoms with Crippen LogP contribution in [0.4, 0.5) is 5.69 Å². The fourth-order valence-corrected chi connectivity index (χ4v) is 3.09. The van der Waals surface area contributed by atoms with Crippen LogP contribution in [0.25, 0.3) is 0 Å². The molecule has 2 N–H and O–H groups in total. The predicted octanol–water partition coefficient (Wildman–Crippen LogP) is 2.03. The van der Waals surface area contributed by atoms with Gasteiger partial charge in [-0.05, 0) is 51.4 Å². The molecular weight excluding hydrogens is 270 g/mol. The highest BCUT2D eigenvalue weighted by atomic mass is 32.2. The summed E-state index contributed by atoms with van der Waals surface area (Å²) in [6.45, 7) is 2.55. The molecule has 0 aliphatic carbocycles. The Morgan fingerprint density at radius 2 is 2.10 bits per heavy atom. The van der Waals surface area contributed by atoms with Crippen molar-refractivity contribution in [1.29, 1.82) is 0 Å². The van der Waals surface area contributed by atoms with Gasteiger partial charge in [0.15, 0.2) is 0 Å². The summed E-state index contributed by atoms with van der Waals surface area (Å²) in [5.41, 5.74) is 0.906. The normalized spacial score (nSPS) is 16.4. The van der Waals surface area contributed by atoms with Crippen molar-refractivity contribution in [2.24, 2.45) is 0 Å². The minimum Gasteiger partial charge on any atom is -0.324 e. The van der Waals surface area contributed by atoms with Crippen molar-refractivity contribution in [1.82, 2.24) is 10.2 Å². The molecule has 0 bridgehead atoms. The third-order valence-electron chi connectivity index (χ3n) is 3.71. The number of rotatable bonds is 5. The van der Waals surface area contributed by atoms with Crippen molar-refractivity contribution in [3.8, 4) is 0 Å². The summed E-state index contributed by atoms with van der Waals surface area (Å²) in [5.74, 6) is 0.0625. The largest absolute Gasteiger partial charge is 0.324 e. The van der Waals surface area contributed by atoms with E-state index in [1.807, 2.05) is 37.6 Å².